The number of nitrogens with zero attached hydrogens (tertiary/aromatic N) is 5. The van der Waals surface area contributed by atoms with Gasteiger partial charge in [0, 0.05) is 50.9 Å². The number of piperazine rings is 1. The molecule has 0 saturated carbocycles. The molecule has 0 unspecified atom stereocenters. The Morgan fingerprint density at radius 1 is 1.15 bits per heavy atom. The number of rotatable bonds is 7. The number of urea groups is 1. The molecule has 3 heterocycles. The minimum Gasteiger partial charge on any atom is -0.383 e. The quantitative estimate of drug-likeness (QED) is 0.496. The highest BCUT2D eigenvalue weighted by Gasteiger charge is 2.26. The van der Waals surface area contributed by atoms with Crippen molar-refractivity contribution in [2.24, 2.45) is 0 Å². The van der Waals surface area contributed by atoms with E-state index in [1.807, 2.05) is 9.42 Å². The number of hydrogen-bond donors (Lipinski definition) is 2. The third kappa shape index (κ3) is 5.44. The zero-order valence-electron chi connectivity index (χ0n) is 20.7. The second-order valence-electron chi connectivity index (χ2n) is 9.51. The van der Waals surface area contributed by atoms with Crippen molar-refractivity contribution >= 4 is 33.3 Å². The smallest absolute Gasteiger partial charge is 0.317 e. The molecule has 184 valence electrons. The average molecular weight is 486 g/mol. The fourth-order valence-electron chi connectivity index (χ4n) is 3.91. The molecule has 3 aromatic rings. The van der Waals surface area contributed by atoms with Crippen molar-refractivity contribution in [3.63, 3.8) is 0 Å². The number of nitrogens with one attached hydrogen (secondary N) is 2. The van der Waals surface area contributed by atoms with Gasteiger partial charge in [-0.3, -0.25) is 0 Å². The Kier molecular flexibility index (Phi) is 7.27. The summed E-state index contributed by atoms with van der Waals surface area (Å²) in [6.07, 6.45) is 1.01. The predicted octanol–water partition coefficient (Wildman–Crippen LogP) is 3.71. The van der Waals surface area contributed by atoms with Gasteiger partial charge in [0.1, 0.15) is 5.69 Å². The summed E-state index contributed by atoms with van der Waals surface area (Å²) >= 11 is 1.58. The van der Waals surface area contributed by atoms with Gasteiger partial charge in [-0.1, -0.05) is 42.5 Å². The van der Waals surface area contributed by atoms with Gasteiger partial charge >= 0.3 is 6.03 Å². The highest BCUT2D eigenvalue weighted by atomic mass is 32.1. The lowest BCUT2D eigenvalue weighted by atomic mass is 10.1. The summed E-state index contributed by atoms with van der Waals surface area (Å²) in [4.78, 5) is 22.2. The Morgan fingerprint density at radius 2 is 1.85 bits per heavy atom. The summed E-state index contributed by atoms with van der Waals surface area (Å²) in [5, 5.41) is 12.4. The molecule has 10 heteroatoms. The second-order valence-corrected chi connectivity index (χ2v) is 10.4. The zero-order valence-corrected chi connectivity index (χ0v) is 21.5. The van der Waals surface area contributed by atoms with E-state index in [1.54, 1.807) is 18.4 Å². The van der Waals surface area contributed by atoms with Gasteiger partial charge in [0.15, 0.2) is 5.82 Å². The van der Waals surface area contributed by atoms with E-state index in [4.69, 9.17) is 14.8 Å². The third-order valence-corrected chi connectivity index (χ3v) is 6.71. The fourth-order valence-corrected chi connectivity index (χ4v) is 4.86. The molecule has 1 saturated heterocycles. The summed E-state index contributed by atoms with van der Waals surface area (Å²) in [6.45, 7) is 12.4. The average Bonchev–Trinajstić information content (AvgIpc) is 3.38. The van der Waals surface area contributed by atoms with Crippen molar-refractivity contribution in [2.45, 2.75) is 39.7 Å². The van der Waals surface area contributed by atoms with Gasteiger partial charge in [0.25, 0.3) is 0 Å². The Bertz CT molecular complexity index is 1110. The van der Waals surface area contributed by atoms with Crippen molar-refractivity contribution in [1.29, 1.82) is 0 Å². The number of benzene rings is 1. The topological polar surface area (TPSA) is 87.0 Å². The van der Waals surface area contributed by atoms with E-state index in [0.29, 0.717) is 26.2 Å². The van der Waals surface area contributed by atoms with E-state index in [9.17, 15) is 4.79 Å². The first-order valence-corrected chi connectivity index (χ1v) is 12.6. The van der Waals surface area contributed by atoms with E-state index < -0.39 is 0 Å². The Balaban J connectivity index is 1.54. The minimum atomic E-state index is -0.139. The Hall–Kier alpha value is -2.85. The van der Waals surface area contributed by atoms with Crippen LogP contribution in [-0.2, 0) is 11.2 Å². The number of aryl methyl sites for hydroxylation is 1. The number of carbonyl (C=O) groups excluding carboxylic acids is 1. The van der Waals surface area contributed by atoms with Crippen molar-refractivity contribution < 1.29 is 9.53 Å². The van der Waals surface area contributed by atoms with Crippen LogP contribution in [0.5, 0.6) is 0 Å². The predicted molar refractivity (Wildman–Crippen MR) is 138 cm³/mol. The number of methoxy groups -OCH3 is 1. The molecule has 0 radical (unpaired) electrons. The van der Waals surface area contributed by atoms with Crippen LogP contribution >= 0.6 is 11.3 Å². The van der Waals surface area contributed by atoms with Gasteiger partial charge in [-0.15, -0.1) is 5.10 Å². The van der Waals surface area contributed by atoms with Gasteiger partial charge < -0.3 is 25.2 Å². The maximum absolute atomic E-state index is 12.3. The molecule has 1 aromatic carbocycles. The number of hydrogen-bond acceptors (Lipinski definition) is 7. The lowest BCUT2D eigenvalue weighted by Crippen LogP contribution is -2.52. The van der Waals surface area contributed by atoms with Gasteiger partial charge in [-0.05, 0) is 32.8 Å². The molecule has 4 rings (SSSR count). The summed E-state index contributed by atoms with van der Waals surface area (Å²) in [7, 11) is 1.63. The molecule has 0 spiro atoms. The highest BCUT2D eigenvalue weighted by Crippen LogP contribution is 2.35. The highest BCUT2D eigenvalue weighted by molar-refractivity contribution is 7.20. The largest absolute Gasteiger partial charge is 0.383 e. The maximum Gasteiger partial charge on any atom is 0.317 e. The third-order valence-electron chi connectivity index (χ3n) is 5.74. The summed E-state index contributed by atoms with van der Waals surface area (Å²) < 4.78 is 6.93. The fraction of sp³-hybridized carbons (Fsp3) is 0.542. The summed E-state index contributed by atoms with van der Waals surface area (Å²) in [6, 6.07) is 8.55. The van der Waals surface area contributed by atoms with E-state index >= 15 is 0 Å². The van der Waals surface area contributed by atoms with Gasteiger partial charge in [0.2, 0.25) is 10.1 Å². The van der Waals surface area contributed by atoms with Crippen LogP contribution in [0.1, 0.15) is 33.3 Å². The van der Waals surface area contributed by atoms with E-state index in [2.05, 4.69) is 67.5 Å². The number of anilines is 2. The first kappa shape index (κ1) is 24.3. The van der Waals surface area contributed by atoms with Gasteiger partial charge in [0.05, 0.1) is 6.61 Å². The molecular weight excluding hydrogens is 450 g/mol. The van der Waals surface area contributed by atoms with Crippen molar-refractivity contribution in [2.75, 3.05) is 56.7 Å². The van der Waals surface area contributed by atoms with Crippen molar-refractivity contribution in [1.82, 2.24) is 24.8 Å². The zero-order chi connectivity index (χ0) is 24.3. The number of carbonyl (C=O) groups is 1. The van der Waals surface area contributed by atoms with E-state index in [-0.39, 0.29) is 11.6 Å². The second kappa shape index (κ2) is 10.2. The molecule has 0 atom stereocenters. The van der Waals surface area contributed by atoms with Crippen molar-refractivity contribution in [3.8, 4) is 11.3 Å². The molecular formula is C24H35N7O2S. The molecule has 2 amide bonds. The molecule has 34 heavy (non-hydrogen) atoms. The van der Waals surface area contributed by atoms with E-state index in [0.717, 1.165) is 46.7 Å². The molecule has 1 aliphatic rings. The molecule has 0 bridgehead atoms. The van der Waals surface area contributed by atoms with Crippen molar-refractivity contribution in [3.05, 3.63) is 29.8 Å². The van der Waals surface area contributed by atoms with Crippen LogP contribution in [0.15, 0.2) is 24.3 Å². The molecule has 9 nitrogen and oxygen atoms in total. The lowest BCUT2D eigenvalue weighted by Gasteiger charge is -2.34. The molecule has 2 N–H and O–H groups in total. The van der Waals surface area contributed by atoms with Crippen LogP contribution in [0, 0.1) is 0 Å². The SMILES string of the molecule is CCc1ccc(-c2nc3sc(N4CCN(C(=O)NCCOC)CC4)nn3c2NC(C)(C)C)cc1. The number of imidazole rings is 1. The molecule has 2 aromatic heterocycles. The van der Waals surface area contributed by atoms with E-state index in [1.165, 1.54) is 5.56 Å². The van der Waals surface area contributed by atoms with Crippen LogP contribution in [0.2, 0.25) is 0 Å². The normalized spacial score (nSPS) is 14.6. The maximum atomic E-state index is 12.3. The number of ether oxygens (including phenoxy) is 1. The standard InChI is InChI=1S/C24H35N7O2S/c1-6-17-7-9-18(10-8-17)19-20(27-24(2,3)4)31-22(26-19)34-23(28-31)30-14-12-29(13-15-30)21(32)25-11-16-33-5/h7-10,27H,6,11-16H2,1-5H3,(H,25,32). The van der Waals surface area contributed by atoms with Crippen LogP contribution in [0.25, 0.3) is 16.2 Å². The summed E-state index contributed by atoms with van der Waals surface area (Å²) in [5.41, 5.74) is 3.17. The first-order chi connectivity index (χ1) is 16.3. The van der Waals surface area contributed by atoms with Crippen LogP contribution in [0.3, 0.4) is 0 Å². The van der Waals surface area contributed by atoms with Gasteiger partial charge in [-0.2, -0.15) is 4.52 Å². The Labute approximate surface area is 205 Å². The molecule has 1 aliphatic heterocycles. The van der Waals surface area contributed by atoms with Crippen LogP contribution in [-0.4, -0.2) is 77.5 Å². The Morgan fingerprint density at radius 3 is 2.47 bits per heavy atom. The van der Waals surface area contributed by atoms with Crippen LogP contribution < -0.4 is 15.5 Å². The van der Waals surface area contributed by atoms with Gasteiger partial charge in [-0.25, -0.2) is 9.78 Å². The minimum absolute atomic E-state index is 0.0407. The van der Waals surface area contributed by atoms with Crippen LogP contribution in [0.4, 0.5) is 15.7 Å². The number of fused-ring (bicyclic) bond motifs is 1. The molecule has 1 fully saturated rings. The molecule has 0 aliphatic carbocycles. The lowest BCUT2D eigenvalue weighted by molar-refractivity contribution is 0.177. The first-order valence-electron chi connectivity index (χ1n) is 11.8. The number of aromatic nitrogens is 3. The summed E-state index contributed by atoms with van der Waals surface area (Å²) in [5.74, 6) is 0.908. The number of amides is 2. The monoisotopic (exact) mass is 485 g/mol.